The van der Waals surface area contributed by atoms with Crippen molar-refractivity contribution in [2.45, 2.75) is 6.42 Å². The van der Waals surface area contributed by atoms with Crippen LogP contribution in [0, 0.1) is 10.1 Å². The Morgan fingerprint density at radius 2 is 1.97 bits per heavy atom. The highest BCUT2D eigenvalue weighted by Crippen LogP contribution is 2.30. The van der Waals surface area contributed by atoms with Crippen LogP contribution in [0.4, 0.5) is 5.69 Å². The Labute approximate surface area is 169 Å². The maximum Gasteiger partial charge on any atom is 0.313 e. The van der Waals surface area contributed by atoms with E-state index in [1.807, 2.05) is 48.1 Å². The first-order valence-corrected chi connectivity index (χ1v) is 9.72. The number of aromatic nitrogens is 1. The molecule has 0 aliphatic carbocycles. The number of fused-ring (bicyclic) bond motifs is 1. The van der Waals surface area contributed by atoms with Crippen molar-refractivity contribution >= 4 is 45.1 Å². The van der Waals surface area contributed by atoms with Crippen LogP contribution in [0.25, 0.3) is 22.0 Å². The summed E-state index contributed by atoms with van der Waals surface area (Å²) in [7, 11) is 1.95. The Balaban J connectivity index is 1.69. The summed E-state index contributed by atoms with van der Waals surface area (Å²) in [5, 5.41) is 30.1. The molecule has 0 saturated heterocycles. The van der Waals surface area contributed by atoms with Crippen molar-refractivity contribution in [1.29, 1.82) is 0 Å². The van der Waals surface area contributed by atoms with E-state index in [4.69, 9.17) is 5.11 Å². The summed E-state index contributed by atoms with van der Waals surface area (Å²) in [6, 6.07) is 12.8. The van der Waals surface area contributed by atoms with Gasteiger partial charge >= 0.3 is 5.97 Å². The van der Waals surface area contributed by atoms with Gasteiger partial charge in [0.1, 0.15) is 5.04 Å². The van der Waals surface area contributed by atoms with Gasteiger partial charge in [-0.05, 0) is 34.7 Å². The summed E-state index contributed by atoms with van der Waals surface area (Å²) < 4.78 is 2.00. The normalized spacial score (nSPS) is 13.4. The van der Waals surface area contributed by atoms with Gasteiger partial charge in [-0.15, -0.1) is 5.10 Å². The maximum absolute atomic E-state index is 11.5. The summed E-state index contributed by atoms with van der Waals surface area (Å²) in [6.45, 7) is 0. The van der Waals surface area contributed by atoms with E-state index in [1.165, 1.54) is 6.07 Å². The Morgan fingerprint density at radius 3 is 2.72 bits per heavy atom. The van der Waals surface area contributed by atoms with E-state index < -0.39 is 10.9 Å². The third-order valence-corrected chi connectivity index (χ3v) is 5.60. The number of hydrogen-bond acceptors (Lipinski definition) is 6. The Morgan fingerprint density at radius 1 is 1.17 bits per heavy atom. The van der Waals surface area contributed by atoms with Crippen LogP contribution in [0.1, 0.15) is 12.0 Å². The lowest BCUT2D eigenvalue weighted by atomic mass is 9.98. The van der Waals surface area contributed by atoms with Crippen LogP contribution in [0.15, 0.2) is 58.9 Å². The molecule has 1 N–H and O–H groups in total. The number of non-ortho nitro benzene ring substituents is 1. The van der Waals surface area contributed by atoms with Gasteiger partial charge < -0.3 is 9.67 Å². The number of carboxylic acids is 1. The van der Waals surface area contributed by atoms with Crippen molar-refractivity contribution < 1.29 is 14.8 Å². The fourth-order valence-corrected chi connectivity index (χ4v) is 3.83. The summed E-state index contributed by atoms with van der Waals surface area (Å²) in [5.74, 6) is -1.03. The number of thioether (sulfide) groups is 1. The molecule has 0 unspecified atom stereocenters. The second kappa shape index (κ2) is 7.51. The number of carboxylic acid groups (broad SMARTS) is 1. The van der Waals surface area contributed by atoms with Crippen molar-refractivity contribution in [1.82, 2.24) is 4.57 Å². The number of nitrogens with zero attached hydrogens (tertiary/aromatic N) is 4. The first-order valence-electron chi connectivity index (χ1n) is 8.74. The molecule has 0 saturated carbocycles. The summed E-state index contributed by atoms with van der Waals surface area (Å²) in [5.41, 5.74) is 3.78. The number of nitro groups is 1. The molecule has 0 bridgehead atoms. The first-order chi connectivity index (χ1) is 13.9. The highest BCUT2D eigenvalue weighted by atomic mass is 32.2. The third-order valence-electron chi connectivity index (χ3n) is 4.65. The number of hydrogen-bond donors (Lipinski definition) is 1. The Hall–Kier alpha value is -3.46. The number of rotatable bonds is 5. The molecule has 9 heteroatoms. The second-order valence-electron chi connectivity index (χ2n) is 6.63. The highest BCUT2D eigenvalue weighted by Gasteiger charge is 2.20. The molecule has 0 spiro atoms. The average Bonchev–Trinajstić information content (AvgIpc) is 3.33. The van der Waals surface area contributed by atoms with Crippen molar-refractivity contribution in [3.63, 3.8) is 0 Å². The van der Waals surface area contributed by atoms with Crippen LogP contribution >= 0.6 is 11.8 Å². The molecule has 2 heterocycles. The zero-order chi connectivity index (χ0) is 20.5. The zero-order valence-electron chi connectivity index (χ0n) is 15.4. The van der Waals surface area contributed by atoms with Gasteiger partial charge in [0.2, 0.25) is 0 Å². The summed E-state index contributed by atoms with van der Waals surface area (Å²) in [4.78, 5) is 21.8. The molecule has 0 fully saturated rings. The summed E-state index contributed by atoms with van der Waals surface area (Å²) in [6.07, 6.45) is 2.32. The molecule has 2 aromatic carbocycles. The lowest BCUT2D eigenvalue weighted by Crippen LogP contribution is -2.06. The standard InChI is InChI=1S/C20H16N4O4S/c1-23-5-4-12-2-3-13(9-18(12)23)14-6-15(8-16(7-14)24(27)28)17-10-19(22-21-17)29-11-20(25)26/h2-9H,10-11H2,1H3,(H,25,26). The minimum absolute atomic E-state index is 0.0289. The third kappa shape index (κ3) is 3.90. The van der Waals surface area contributed by atoms with E-state index in [-0.39, 0.29) is 11.4 Å². The lowest BCUT2D eigenvalue weighted by Gasteiger charge is -2.08. The molecule has 1 aliphatic heterocycles. The smallest absolute Gasteiger partial charge is 0.313 e. The van der Waals surface area contributed by atoms with E-state index in [9.17, 15) is 14.9 Å². The molecule has 1 aliphatic rings. The van der Waals surface area contributed by atoms with Crippen LogP contribution in [0.5, 0.6) is 0 Å². The average molecular weight is 408 g/mol. The second-order valence-corrected chi connectivity index (χ2v) is 7.67. The molecule has 0 atom stereocenters. The van der Waals surface area contributed by atoms with E-state index in [2.05, 4.69) is 10.2 Å². The van der Waals surface area contributed by atoms with Gasteiger partial charge in [0.15, 0.2) is 0 Å². The molecular weight excluding hydrogens is 392 g/mol. The quantitative estimate of drug-likeness (QED) is 0.505. The van der Waals surface area contributed by atoms with Crippen LogP contribution < -0.4 is 0 Å². The van der Waals surface area contributed by atoms with Gasteiger partial charge in [0.05, 0.1) is 16.4 Å². The molecule has 29 heavy (non-hydrogen) atoms. The van der Waals surface area contributed by atoms with Gasteiger partial charge in [-0.3, -0.25) is 14.9 Å². The molecule has 4 rings (SSSR count). The van der Waals surface area contributed by atoms with Crippen molar-refractivity contribution in [3.05, 3.63) is 64.3 Å². The minimum atomic E-state index is -0.931. The van der Waals surface area contributed by atoms with E-state index >= 15 is 0 Å². The van der Waals surface area contributed by atoms with Gasteiger partial charge in [0, 0.05) is 42.9 Å². The Bertz CT molecular complexity index is 1210. The monoisotopic (exact) mass is 408 g/mol. The van der Waals surface area contributed by atoms with Gasteiger partial charge in [-0.25, -0.2) is 0 Å². The van der Waals surface area contributed by atoms with E-state index in [0.717, 1.165) is 28.2 Å². The fraction of sp³-hybridized carbons (Fsp3) is 0.150. The van der Waals surface area contributed by atoms with Gasteiger partial charge in [-0.2, -0.15) is 5.10 Å². The fourth-order valence-electron chi connectivity index (χ4n) is 3.21. The number of nitro benzene ring substituents is 1. The maximum atomic E-state index is 11.5. The van der Waals surface area contributed by atoms with E-state index in [1.54, 1.807) is 6.07 Å². The lowest BCUT2D eigenvalue weighted by molar-refractivity contribution is -0.384. The molecular formula is C20H16N4O4S. The van der Waals surface area contributed by atoms with Crippen molar-refractivity contribution in [2.24, 2.45) is 17.3 Å². The number of aryl methyl sites for hydroxylation is 1. The zero-order valence-corrected chi connectivity index (χ0v) is 16.2. The molecule has 146 valence electrons. The molecule has 1 aromatic heterocycles. The molecule has 3 aromatic rings. The van der Waals surface area contributed by atoms with Crippen LogP contribution in [-0.4, -0.2) is 37.1 Å². The van der Waals surface area contributed by atoms with Crippen LogP contribution in [-0.2, 0) is 11.8 Å². The number of aliphatic carboxylic acids is 1. The predicted molar refractivity (Wildman–Crippen MR) is 114 cm³/mol. The molecule has 8 nitrogen and oxygen atoms in total. The number of benzene rings is 2. The van der Waals surface area contributed by atoms with Crippen LogP contribution in [0.2, 0.25) is 0 Å². The first kappa shape index (κ1) is 18.9. The number of carbonyl (C=O) groups is 1. The van der Waals surface area contributed by atoms with Crippen LogP contribution in [0.3, 0.4) is 0 Å². The topological polar surface area (TPSA) is 110 Å². The molecule has 0 radical (unpaired) electrons. The highest BCUT2D eigenvalue weighted by molar-refractivity contribution is 8.14. The summed E-state index contributed by atoms with van der Waals surface area (Å²) >= 11 is 1.10. The van der Waals surface area contributed by atoms with E-state index in [0.29, 0.717) is 28.3 Å². The Kier molecular flexibility index (Phi) is 4.89. The minimum Gasteiger partial charge on any atom is -0.481 e. The SMILES string of the molecule is Cn1ccc2ccc(-c3cc(C4=NN=C(SCC(=O)O)C4)cc([N+](=O)[O-])c3)cc21. The largest absolute Gasteiger partial charge is 0.481 e. The van der Waals surface area contributed by atoms with Crippen molar-refractivity contribution in [3.8, 4) is 11.1 Å². The van der Waals surface area contributed by atoms with Crippen molar-refractivity contribution in [2.75, 3.05) is 5.75 Å². The van der Waals surface area contributed by atoms with Gasteiger partial charge in [-0.1, -0.05) is 23.9 Å². The van der Waals surface area contributed by atoms with Gasteiger partial charge in [0.25, 0.3) is 5.69 Å². The molecule has 0 amide bonds. The predicted octanol–water partition coefficient (Wildman–Crippen LogP) is 4.08.